The van der Waals surface area contributed by atoms with Gasteiger partial charge in [0.15, 0.2) is 5.28 Å². The molecule has 7 heteroatoms. The molecule has 10 heavy (non-hydrogen) atoms. The van der Waals surface area contributed by atoms with E-state index in [2.05, 4.69) is 15.3 Å². The van der Waals surface area contributed by atoms with Crippen molar-refractivity contribution in [2.75, 3.05) is 13.7 Å². The van der Waals surface area contributed by atoms with Crippen LogP contribution in [0.4, 0.5) is 0 Å². The van der Waals surface area contributed by atoms with Crippen LogP contribution >= 0.6 is 0 Å². The van der Waals surface area contributed by atoms with Crippen molar-refractivity contribution in [1.82, 2.24) is 0 Å². The first-order valence-corrected chi connectivity index (χ1v) is 2.36. The lowest BCUT2D eigenvalue weighted by Crippen LogP contribution is -2.23. The molecule has 0 radical (unpaired) electrons. The van der Waals surface area contributed by atoms with Crippen LogP contribution in [0.25, 0.3) is 0 Å². The first-order valence-electron chi connectivity index (χ1n) is 2.36. The van der Waals surface area contributed by atoms with Crippen LogP contribution in [0.1, 0.15) is 0 Å². The second-order valence-corrected chi connectivity index (χ2v) is 1.37. The van der Waals surface area contributed by atoms with Gasteiger partial charge in [-0.15, -0.1) is 0 Å². The zero-order valence-electron chi connectivity index (χ0n) is 5.39. The van der Waals surface area contributed by atoms with Crippen LogP contribution in [0.2, 0.25) is 0 Å². The van der Waals surface area contributed by atoms with Crippen LogP contribution in [0.3, 0.4) is 0 Å². The highest BCUT2D eigenvalue weighted by molar-refractivity contribution is 5.80. The van der Waals surface area contributed by atoms with Crippen molar-refractivity contribution in [3.8, 4) is 0 Å². The third-order valence-corrected chi connectivity index (χ3v) is 0.598. The van der Waals surface area contributed by atoms with Crippen molar-refractivity contribution in [2.45, 2.75) is 0 Å². The minimum atomic E-state index is -0.315. The second-order valence-electron chi connectivity index (χ2n) is 1.37. The number of rotatable bonds is 3. The maximum absolute atomic E-state index is 10.4. The van der Waals surface area contributed by atoms with E-state index < -0.39 is 0 Å². The normalized spacial score (nSPS) is 13.3. The van der Waals surface area contributed by atoms with Crippen molar-refractivity contribution in [1.29, 1.82) is 0 Å². The fraction of sp³-hybridized carbons (Fsp3) is 0.667. The number of hydroxylamine groups is 1. The van der Waals surface area contributed by atoms with Gasteiger partial charge in [-0.1, -0.05) is 5.16 Å². The fourth-order valence-corrected chi connectivity index (χ4v) is 0.290. The quantitative estimate of drug-likeness (QED) is 0.137. The largest absolute Gasteiger partial charge is 0.597 e. The van der Waals surface area contributed by atoms with Gasteiger partial charge in [0.1, 0.15) is 7.11 Å². The molecule has 0 unspecified atom stereocenters. The molecule has 0 aliphatic carbocycles. The van der Waals surface area contributed by atoms with Crippen LogP contribution in [-0.4, -0.2) is 29.6 Å². The summed E-state index contributed by atoms with van der Waals surface area (Å²) < 4.78 is 0. The first kappa shape index (κ1) is 8.47. The van der Waals surface area contributed by atoms with E-state index in [1.54, 1.807) is 0 Å². The smallest absolute Gasteiger partial charge is 0.243 e. The van der Waals surface area contributed by atoms with E-state index in [0.717, 1.165) is 0 Å². The SMILES string of the molecule is CON=[N+]([O-])C/C(N)=N/O. The monoisotopic (exact) mass is 148 g/mol. The van der Waals surface area contributed by atoms with Gasteiger partial charge in [0.25, 0.3) is 0 Å². The van der Waals surface area contributed by atoms with Gasteiger partial charge in [0.05, 0.1) is 0 Å². The van der Waals surface area contributed by atoms with Crippen molar-refractivity contribution >= 4 is 5.84 Å². The van der Waals surface area contributed by atoms with E-state index in [0.29, 0.717) is 0 Å². The molecule has 58 valence electrons. The van der Waals surface area contributed by atoms with E-state index >= 15 is 0 Å². The minimum absolute atomic E-state index is 0.148. The summed E-state index contributed by atoms with van der Waals surface area (Å²) in [5.41, 5.74) is 4.95. The highest BCUT2D eigenvalue weighted by Crippen LogP contribution is 1.76. The molecule has 0 aliphatic heterocycles. The Balaban J connectivity index is 3.79. The number of nitrogens with zero attached hydrogens (tertiary/aromatic N) is 3. The zero-order chi connectivity index (χ0) is 7.98. The van der Waals surface area contributed by atoms with Crippen molar-refractivity contribution in [3.05, 3.63) is 5.21 Å². The summed E-state index contributed by atoms with van der Waals surface area (Å²) in [5.74, 6) is -0.226. The molecule has 0 saturated carbocycles. The summed E-state index contributed by atoms with van der Waals surface area (Å²) in [6, 6.07) is 0. The van der Waals surface area contributed by atoms with E-state index in [-0.39, 0.29) is 17.2 Å². The summed E-state index contributed by atoms with van der Waals surface area (Å²) in [7, 11) is 1.22. The fourth-order valence-electron chi connectivity index (χ4n) is 0.290. The lowest BCUT2D eigenvalue weighted by atomic mass is 10.6. The van der Waals surface area contributed by atoms with Gasteiger partial charge >= 0.3 is 0 Å². The molecule has 0 bridgehead atoms. The van der Waals surface area contributed by atoms with Gasteiger partial charge in [0.2, 0.25) is 12.4 Å². The summed E-state index contributed by atoms with van der Waals surface area (Å²) in [4.78, 5) is 4.24. The number of amidine groups is 1. The number of oxime groups is 1. The Kier molecular flexibility index (Phi) is 3.69. The molecule has 0 saturated heterocycles. The lowest BCUT2D eigenvalue weighted by Gasteiger charge is -1.95. The first-order chi connectivity index (χ1) is 4.70. The van der Waals surface area contributed by atoms with Crippen LogP contribution in [0.15, 0.2) is 10.4 Å². The van der Waals surface area contributed by atoms with E-state index in [1.807, 2.05) is 0 Å². The Morgan fingerprint density at radius 2 is 2.50 bits per heavy atom. The Hall–Kier alpha value is -1.53. The van der Waals surface area contributed by atoms with Gasteiger partial charge in [-0.2, -0.15) is 0 Å². The summed E-state index contributed by atoms with van der Waals surface area (Å²) >= 11 is 0. The zero-order valence-corrected chi connectivity index (χ0v) is 5.39. The maximum atomic E-state index is 10.4. The molecule has 0 aromatic heterocycles. The summed E-state index contributed by atoms with van der Waals surface area (Å²) in [5, 5.41) is 23.8. The standard InChI is InChI=1S/C3H8N4O3/c1-10-6-7(9)2-3(4)5-8/h8H,2H2,1H3,(H2,4,5). The summed E-state index contributed by atoms with van der Waals surface area (Å²) in [6.45, 7) is -0.315. The average molecular weight is 148 g/mol. The van der Waals surface area contributed by atoms with E-state index in [4.69, 9.17) is 10.9 Å². The van der Waals surface area contributed by atoms with E-state index in [9.17, 15) is 5.21 Å². The molecular formula is C3H8N4O3. The van der Waals surface area contributed by atoms with Gasteiger partial charge < -0.3 is 21.0 Å². The molecular weight excluding hydrogens is 140 g/mol. The third-order valence-electron chi connectivity index (χ3n) is 0.598. The highest BCUT2D eigenvalue weighted by atomic mass is 16.7. The molecule has 0 rings (SSSR count). The van der Waals surface area contributed by atoms with Crippen molar-refractivity contribution in [3.63, 3.8) is 0 Å². The molecule has 0 aromatic rings. The third kappa shape index (κ3) is 3.47. The minimum Gasteiger partial charge on any atom is -0.597 e. The van der Waals surface area contributed by atoms with Gasteiger partial charge in [-0.05, 0) is 4.86 Å². The number of hydrogen-bond donors (Lipinski definition) is 2. The Morgan fingerprint density at radius 3 is 2.90 bits per heavy atom. The predicted molar refractivity (Wildman–Crippen MR) is 31.3 cm³/mol. The Labute approximate surface area is 56.9 Å². The van der Waals surface area contributed by atoms with Crippen LogP contribution in [-0.2, 0) is 4.84 Å². The molecule has 0 fully saturated rings. The van der Waals surface area contributed by atoms with Crippen molar-refractivity contribution in [2.24, 2.45) is 16.2 Å². The molecule has 3 N–H and O–H groups in total. The molecule has 0 aliphatic rings. The average Bonchev–Trinajstić information content (AvgIpc) is 1.88. The maximum Gasteiger partial charge on any atom is 0.243 e. The predicted octanol–water partition coefficient (Wildman–Crippen LogP) is -0.743. The number of hydrogen-bond acceptors (Lipinski definition) is 5. The second kappa shape index (κ2) is 4.36. The highest BCUT2D eigenvalue weighted by Gasteiger charge is 2.00. The molecule has 0 aromatic carbocycles. The topological polar surface area (TPSA) is 106 Å². The van der Waals surface area contributed by atoms with Crippen LogP contribution in [0, 0.1) is 5.21 Å². The number of nitrogens with two attached hydrogens (primary N) is 1. The van der Waals surface area contributed by atoms with Gasteiger partial charge in [-0.3, -0.25) is 0 Å². The summed E-state index contributed by atoms with van der Waals surface area (Å²) in [6.07, 6.45) is 0. The molecule has 7 nitrogen and oxygen atoms in total. The van der Waals surface area contributed by atoms with Crippen LogP contribution < -0.4 is 5.73 Å². The van der Waals surface area contributed by atoms with E-state index in [1.165, 1.54) is 7.11 Å². The lowest BCUT2D eigenvalue weighted by molar-refractivity contribution is -0.543. The van der Waals surface area contributed by atoms with Gasteiger partial charge in [-0.25, -0.2) is 0 Å². The van der Waals surface area contributed by atoms with Crippen molar-refractivity contribution < 1.29 is 14.9 Å². The Bertz CT molecular complexity index is 154. The molecule has 0 atom stereocenters. The molecule has 0 amide bonds. The Morgan fingerprint density at radius 1 is 1.90 bits per heavy atom. The molecule has 0 heterocycles. The van der Waals surface area contributed by atoms with Gasteiger partial charge in [0, 0.05) is 0 Å². The van der Waals surface area contributed by atoms with Crippen LogP contribution in [0.5, 0.6) is 0 Å². The molecule has 0 spiro atoms.